The molecule has 1 aliphatic carbocycles. The van der Waals surface area contributed by atoms with Gasteiger partial charge in [0.25, 0.3) is 0 Å². The molecule has 2 aromatic rings. The summed E-state index contributed by atoms with van der Waals surface area (Å²) in [5.41, 5.74) is 1.42. The van der Waals surface area contributed by atoms with Gasteiger partial charge in [-0.05, 0) is 35.2 Å². The number of nitrogens with one attached hydrogen (secondary N) is 1. The number of hydrogen-bond donors (Lipinski definition) is 1. The highest BCUT2D eigenvalue weighted by Gasteiger charge is 2.13. The summed E-state index contributed by atoms with van der Waals surface area (Å²) >= 11 is 0. The molecular weight excluding hydrogens is 230 g/mol. The summed E-state index contributed by atoms with van der Waals surface area (Å²) in [6.07, 6.45) is 7.17. The van der Waals surface area contributed by atoms with Crippen LogP contribution in [-0.2, 0) is 6.54 Å². The van der Waals surface area contributed by atoms with Crippen molar-refractivity contribution in [3.8, 4) is 0 Å². The van der Waals surface area contributed by atoms with Gasteiger partial charge in [-0.1, -0.05) is 68.1 Å². The van der Waals surface area contributed by atoms with Crippen LogP contribution in [0.5, 0.6) is 0 Å². The molecule has 0 radical (unpaired) electrons. The summed E-state index contributed by atoms with van der Waals surface area (Å²) in [5.74, 6) is 0.986. The fraction of sp³-hybridized carbons (Fsp3) is 0.444. The molecule has 1 saturated carbocycles. The van der Waals surface area contributed by atoms with Crippen LogP contribution in [0.2, 0.25) is 0 Å². The van der Waals surface area contributed by atoms with Crippen molar-refractivity contribution in [2.24, 2.45) is 5.92 Å². The Bertz CT molecular complexity index is 521. The van der Waals surface area contributed by atoms with Gasteiger partial charge in [0.15, 0.2) is 0 Å². The molecule has 0 aliphatic heterocycles. The summed E-state index contributed by atoms with van der Waals surface area (Å²) in [4.78, 5) is 0. The molecule has 0 saturated heterocycles. The van der Waals surface area contributed by atoms with Gasteiger partial charge in [0.05, 0.1) is 0 Å². The van der Waals surface area contributed by atoms with Gasteiger partial charge in [-0.2, -0.15) is 0 Å². The lowest BCUT2D eigenvalue weighted by Gasteiger charge is -2.11. The van der Waals surface area contributed by atoms with E-state index < -0.39 is 0 Å². The maximum atomic E-state index is 3.62. The number of rotatable bonds is 5. The van der Waals surface area contributed by atoms with Gasteiger partial charge in [-0.15, -0.1) is 0 Å². The normalized spacial score (nSPS) is 16.2. The zero-order valence-electron chi connectivity index (χ0n) is 11.6. The standard InChI is InChI=1S/C18H23N/c1-2-7-15(6-1)12-13-19-14-17-10-5-9-16-8-3-4-11-18(16)17/h3-5,8-11,15,19H,1-2,6-7,12-14H2. The summed E-state index contributed by atoms with van der Waals surface area (Å²) in [7, 11) is 0. The highest BCUT2D eigenvalue weighted by atomic mass is 14.8. The van der Waals surface area contributed by atoms with Crippen LogP contribution in [0.3, 0.4) is 0 Å². The summed E-state index contributed by atoms with van der Waals surface area (Å²) in [6, 6.07) is 15.3. The SMILES string of the molecule is c1ccc2c(CNCCC3CCCC3)cccc2c1. The molecule has 3 rings (SSSR count). The highest BCUT2D eigenvalue weighted by molar-refractivity contribution is 5.85. The van der Waals surface area contributed by atoms with Crippen LogP contribution in [0, 0.1) is 5.92 Å². The van der Waals surface area contributed by atoms with Crippen molar-refractivity contribution >= 4 is 10.8 Å². The Morgan fingerprint density at radius 2 is 1.74 bits per heavy atom. The minimum absolute atomic E-state index is 0.986. The van der Waals surface area contributed by atoms with E-state index in [1.807, 2.05) is 0 Å². The fourth-order valence-electron chi connectivity index (χ4n) is 3.27. The van der Waals surface area contributed by atoms with Gasteiger partial charge in [0.2, 0.25) is 0 Å². The van der Waals surface area contributed by atoms with Gasteiger partial charge in [0, 0.05) is 6.54 Å². The van der Waals surface area contributed by atoms with Gasteiger partial charge < -0.3 is 5.32 Å². The second-order valence-electron chi connectivity index (χ2n) is 5.75. The minimum atomic E-state index is 0.986. The molecule has 1 aliphatic rings. The first kappa shape index (κ1) is 12.7. The van der Waals surface area contributed by atoms with Gasteiger partial charge in [-0.25, -0.2) is 0 Å². The lowest BCUT2D eigenvalue weighted by Crippen LogP contribution is -2.17. The van der Waals surface area contributed by atoms with E-state index >= 15 is 0 Å². The predicted molar refractivity (Wildman–Crippen MR) is 82.2 cm³/mol. The van der Waals surface area contributed by atoms with Gasteiger partial charge in [0.1, 0.15) is 0 Å². The maximum absolute atomic E-state index is 3.62. The first-order valence-corrected chi connectivity index (χ1v) is 7.61. The second kappa shape index (κ2) is 6.21. The Labute approximate surface area is 116 Å². The van der Waals surface area contributed by atoms with E-state index in [0.29, 0.717) is 0 Å². The zero-order chi connectivity index (χ0) is 12.9. The molecule has 1 N–H and O–H groups in total. The molecule has 100 valence electrons. The van der Waals surface area contributed by atoms with E-state index in [1.54, 1.807) is 0 Å². The van der Waals surface area contributed by atoms with E-state index in [0.717, 1.165) is 19.0 Å². The Balaban J connectivity index is 1.56. The van der Waals surface area contributed by atoms with Crippen LogP contribution < -0.4 is 5.32 Å². The van der Waals surface area contributed by atoms with Gasteiger partial charge >= 0.3 is 0 Å². The summed E-state index contributed by atoms with van der Waals surface area (Å²) in [6.45, 7) is 2.15. The number of hydrogen-bond acceptors (Lipinski definition) is 1. The average molecular weight is 253 g/mol. The third-order valence-corrected chi connectivity index (χ3v) is 4.40. The van der Waals surface area contributed by atoms with Crippen LogP contribution in [0.1, 0.15) is 37.7 Å². The Hall–Kier alpha value is -1.34. The van der Waals surface area contributed by atoms with Crippen molar-refractivity contribution in [2.75, 3.05) is 6.54 Å². The van der Waals surface area contributed by atoms with Crippen molar-refractivity contribution < 1.29 is 0 Å². The lowest BCUT2D eigenvalue weighted by molar-refractivity contribution is 0.478. The van der Waals surface area contributed by atoms with E-state index in [9.17, 15) is 0 Å². The molecule has 0 amide bonds. The fourth-order valence-corrected chi connectivity index (χ4v) is 3.27. The largest absolute Gasteiger partial charge is 0.313 e. The molecule has 0 heterocycles. The monoisotopic (exact) mass is 253 g/mol. The van der Waals surface area contributed by atoms with Crippen molar-refractivity contribution in [1.82, 2.24) is 5.32 Å². The Morgan fingerprint density at radius 1 is 0.947 bits per heavy atom. The van der Waals surface area contributed by atoms with Crippen LogP contribution >= 0.6 is 0 Å². The smallest absolute Gasteiger partial charge is 0.0211 e. The minimum Gasteiger partial charge on any atom is -0.313 e. The maximum Gasteiger partial charge on any atom is 0.0211 e. The van der Waals surface area contributed by atoms with Crippen molar-refractivity contribution in [2.45, 2.75) is 38.6 Å². The lowest BCUT2D eigenvalue weighted by atomic mass is 10.0. The molecule has 19 heavy (non-hydrogen) atoms. The molecule has 0 aromatic heterocycles. The van der Waals surface area contributed by atoms with Crippen LogP contribution in [-0.4, -0.2) is 6.54 Å². The molecule has 0 atom stereocenters. The number of fused-ring (bicyclic) bond motifs is 1. The van der Waals surface area contributed by atoms with Crippen LogP contribution in [0.25, 0.3) is 10.8 Å². The molecule has 1 heteroatoms. The first-order valence-electron chi connectivity index (χ1n) is 7.61. The molecule has 0 spiro atoms. The molecule has 0 bridgehead atoms. The topological polar surface area (TPSA) is 12.0 Å². The van der Waals surface area contributed by atoms with E-state index in [4.69, 9.17) is 0 Å². The van der Waals surface area contributed by atoms with Crippen LogP contribution in [0.4, 0.5) is 0 Å². The Morgan fingerprint density at radius 3 is 2.63 bits per heavy atom. The van der Waals surface area contributed by atoms with E-state index in [2.05, 4.69) is 47.8 Å². The first-order chi connectivity index (χ1) is 9.43. The van der Waals surface area contributed by atoms with E-state index in [-0.39, 0.29) is 0 Å². The third-order valence-electron chi connectivity index (χ3n) is 4.40. The summed E-state index contributed by atoms with van der Waals surface area (Å²) < 4.78 is 0. The Kier molecular flexibility index (Phi) is 4.14. The second-order valence-corrected chi connectivity index (χ2v) is 5.75. The summed E-state index contributed by atoms with van der Waals surface area (Å²) in [5, 5.41) is 6.35. The number of benzene rings is 2. The predicted octanol–water partition coefficient (Wildman–Crippen LogP) is 4.51. The quantitative estimate of drug-likeness (QED) is 0.773. The molecule has 1 nitrogen and oxygen atoms in total. The van der Waals surface area contributed by atoms with Gasteiger partial charge in [-0.3, -0.25) is 0 Å². The molecule has 1 fully saturated rings. The van der Waals surface area contributed by atoms with Crippen molar-refractivity contribution in [1.29, 1.82) is 0 Å². The van der Waals surface area contributed by atoms with Crippen LogP contribution in [0.15, 0.2) is 42.5 Å². The highest BCUT2D eigenvalue weighted by Crippen LogP contribution is 2.27. The molecule has 2 aromatic carbocycles. The molecule has 0 unspecified atom stereocenters. The van der Waals surface area contributed by atoms with Crippen molar-refractivity contribution in [3.63, 3.8) is 0 Å². The zero-order valence-corrected chi connectivity index (χ0v) is 11.6. The average Bonchev–Trinajstić information content (AvgIpc) is 2.97. The van der Waals surface area contributed by atoms with E-state index in [1.165, 1.54) is 48.4 Å². The molecular formula is C18H23N. The van der Waals surface area contributed by atoms with Crippen molar-refractivity contribution in [3.05, 3.63) is 48.0 Å². The third kappa shape index (κ3) is 3.16.